The fraction of sp³-hybridized carbons (Fsp3) is 0.222. The first-order chi connectivity index (χ1) is 16.4. The zero-order valence-electron chi connectivity index (χ0n) is 18.3. The Morgan fingerprint density at radius 3 is 2.03 bits per heavy atom. The summed E-state index contributed by atoms with van der Waals surface area (Å²) in [6, 6.07) is 22.8. The second-order valence-corrected chi connectivity index (χ2v) is 8.64. The fourth-order valence-electron chi connectivity index (χ4n) is 4.84. The van der Waals surface area contributed by atoms with Gasteiger partial charge in [-0.2, -0.15) is 13.2 Å². The van der Waals surface area contributed by atoms with Crippen molar-refractivity contribution in [2.24, 2.45) is 0 Å². The van der Waals surface area contributed by atoms with E-state index in [1.807, 2.05) is 23.1 Å². The smallest absolute Gasteiger partial charge is 0.315 e. The zero-order chi connectivity index (χ0) is 23.7. The predicted octanol–water partition coefficient (Wildman–Crippen LogP) is 5.85. The van der Waals surface area contributed by atoms with Crippen molar-refractivity contribution < 1.29 is 18.0 Å². The van der Waals surface area contributed by atoms with E-state index in [2.05, 4.69) is 59.2 Å². The molecule has 3 aromatic carbocycles. The summed E-state index contributed by atoms with van der Waals surface area (Å²) < 4.78 is 38.3. The van der Waals surface area contributed by atoms with E-state index in [1.165, 1.54) is 17.7 Å². The van der Waals surface area contributed by atoms with E-state index in [4.69, 9.17) is 0 Å². The number of piperidine rings is 1. The number of urea groups is 1. The number of halogens is 3. The first kappa shape index (κ1) is 22.2. The Labute approximate surface area is 196 Å². The molecule has 4 nitrogen and oxygen atoms in total. The molecule has 1 unspecified atom stereocenters. The average molecular weight is 464 g/mol. The van der Waals surface area contributed by atoms with Gasteiger partial charge in [-0.3, -0.25) is 0 Å². The molecule has 0 spiro atoms. The molecule has 3 atom stereocenters. The number of hydrogen-bond acceptors (Lipinski definition) is 2. The molecule has 2 aliphatic rings. The van der Waals surface area contributed by atoms with Crippen molar-refractivity contribution in [2.75, 3.05) is 18.4 Å². The van der Waals surface area contributed by atoms with Gasteiger partial charge in [-0.25, -0.2) is 4.79 Å². The molecule has 0 aliphatic carbocycles. The summed E-state index contributed by atoms with van der Waals surface area (Å²) in [5.41, 5.74) is 3.04. The molecule has 0 radical (unpaired) electrons. The normalized spacial score (nSPS) is 21.9. The summed E-state index contributed by atoms with van der Waals surface area (Å²) in [6.07, 6.45) is -0.251. The minimum atomic E-state index is -4.40. The van der Waals surface area contributed by atoms with Crippen molar-refractivity contribution in [3.63, 3.8) is 0 Å². The van der Waals surface area contributed by atoms with Gasteiger partial charge in [0, 0.05) is 24.7 Å². The lowest BCUT2D eigenvalue weighted by atomic mass is 9.72. The molecule has 0 saturated carbocycles. The number of nitrogens with zero attached hydrogens (tertiary/aromatic N) is 1. The molecule has 2 heterocycles. The van der Waals surface area contributed by atoms with Crippen LogP contribution in [0, 0.1) is 0 Å². The number of alkyl halides is 3. The van der Waals surface area contributed by atoms with Gasteiger partial charge in [-0.15, -0.1) is 0 Å². The predicted molar refractivity (Wildman–Crippen MR) is 127 cm³/mol. The Kier molecular flexibility index (Phi) is 5.87. The molecular weight excluding hydrogens is 439 g/mol. The molecule has 2 bridgehead atoms. The van der Waals surface area contributed by atoms with Crippen LogP contribution in [-0.2, 0) is 6.18 Å². The maximum atomic E-state index is 12.9. The Bertz CT molecular complexity index is 1160. The summed E-state index contributed by atoms with van der Waals surface area (Å²) in [5.74, 6) is 0.228. The number of hydrogen-bond donors (Lipinski definition) is 2. The third-order valence-electron chi connectivity index (χ3n) is 6.54. The van der Waals surface area contributed by atoms with Crippen LogP contribution in [0.25, 0.3) is 12.2 Å². The van der Waals surface area contributed by atoms with E-state index in [1.54, 1.807) is 0 Å². The first-order valence-electron chi connectivity index (χ1n) is 11.2. The second kappa shape index (κ2) is 8.99. The molecule has 34 heavy (non-hydrogen) atoms. The molecule has 3 aromatic rings. The third-order valence-corrected chi connectivity index (χ3v) is 6.54. The number of piperazine rings is 1. The van der Waals surface area contributed by atoms with Gasteiger partial charge >= 0.3 is 12.2 Å². The van der Waals surface area contributed by atoms with Crippen molar-refractivity contribution in [3.05, 3.63) is 101 Å². The maximum absolute atomic E-state index is 12.9. The Balaban J connectivity index is 1.24. The van der Waals surface area contributed by atoms with E-state index in [9.17, 15) is 18.0 Å². The molecule has 174 valence electrons. The highest BCUT2D eigenvalue weighted by molar-refractivity contribution is 5.91. The van der Waals surface area contributed by atoms with Gasteiger partial charge in [0.25, 0.3) is 0 Å². The van der Waals surface area contributed by atoms with Gasteiger partial charge in [0.2, 0.25) is 0 Å². The number of benzene rings is 3. The third kappa shape index (κ3) is 4.43. The lowest BCUT2D eigenvalue weighted by Gasteiger charge is -2.59. The number of carbonyl (C=O) groups excluding carboxylic acids is 1. The van der Waals surface area contributed by atoms with Gasteiger partial charge in [0.05, 0.1) is 17.6 Å². The van der Waals surface area contributed by atoms with Gasteiger partial charge in [-0.1, -0.05) is 66.7 Å². The van der Waals surface area contributed by atoms with E-state index in [0.717, 1.165) is 23.3 Å². The van der Waals surface area contributed by atoms with Crippen LogP contribution in [0.3, 0.4) is 0 Å². The average Bonchev–Trinajstić information content (AvgIpc) is 2.84. The summed E-state index contributed by atoms with van der Waals surface area (Å²) in [5, 5.41) is 6.10. The monoisotopic (exact) mass is 463 g/mol. The van der Waals surface area contributed by atoms with Crippen molar-refractivity contribution >= 4 is 23.9 Å². The van der Waals surface area contributed by atoms with Crippen molar-refractivity contribution in [1.82, 2.24) is 10.2 Å². The maximum Gasteiger partial charge on any atom is 0.416 e. The Hall–Kier alpha value is -3.58. The largest absolute Gasteiger partial charge is 0.416 e. The topological polar surface area (TPSA) is 44.4 Å². The molecule has 2 N–H and O–H groups in total. The number of anilines is 1. The van der Waals surface area contributed by atoms with Crippen LogP contribution in [0.2, 0.25) is 0 Å². The van der Waals surface area contributed by atoms with Crippen LogP contribution < -0.4 is 10.6 Å². The highest BCUT2D eigenvalue weighted by Crippen LogP contribution is 2.43. The van der Waals surface area contributed by atoms with Gasteiger partial charge in [0.1, 0.15) is 0 Å². The van der Waals surface area contributed by atoms with Crippen molar-refractivity contribution in [1.29, 1.82) is 0 Å². The molecule has 2 saturated heterocycles. The fourth-order valence-corrected chi connectivity index (χ4v) is 4.84. The summed E-state index contributed by atoms with van der Waals surface area (Å²) in [6.45, 7) is 1.36. The van der Waals surface area contributed by atoms with Crippen LogP contribution in [0.5, 0.6) is 0 Å². The van der Waals surface area contributed by atoms with Crippen LogP contribution in [-0.4, -0.2) is 36.1 Å². The lowest BCUT2D eigenvalue weighted by molar-refractivity contribution is -0.137. The Morgan fingerprint density at radius 2 is 1.44 bits per heavy atom. The summed E-state index contributed by atoms with van der Waals surface area (Å²) in [7, 11) is 0. The molecule has 5 rings (SSSR count). The van der Waals surface area contributed by atoms with Crippen LogP contribution in [0.1, 0.15) is 28.2 Å². The molecule has 2 amide bonds. The van der Waals surface area contributed by atoms with Gasteiger partial charge in [0.15, 0.2) is 0 Å². The van der Waals surface area contributed by atoms with Gasteiger partial charge < -0.3 is 15.5 Å². The quantitative estimate of drug-likeness (QED) is 0.477. The summed E-state index contributed by atoms with van der Waals surface area (Å²) in [4.78, 5) is 14.7. The van der Waals surface area contributed by atoms with E-state index >= 15 is 0 Å². The highest BCUT2D eigenvalue weighted by atomic mass is 19.4. The van der Waals surface area contributed by atoms with Crippen molar-refractivity contribution in [2.45, 2.75) is 24.2 Å². The first-order valence-corrected chi connectivity index (χ1v) is 11.2. The zero-order valence-corrected chi connectivity index (χ0v) is 18.3. The molecule has 2 fully saturated rings. The summed E-state index contributed by atoms with van der Waals surface area (Å²) >= 11 is 0. The Morgan fingerprint density at radius 1 is 0.853 bits per heavy atom. The second-order valence-electron chi connectivity index (χ2n) is 8.64. The molecule has 0 aromatic heterocycles. The van der Waals surface area contributed by atoms with E-state index in [0.29, 0.717) is 18.8 Å². The van der Waals surface area contributed by atoms with Crippen LogP contribution in [0.4, 0.5) is 23.7 Å². The minimum absolute atomic E-state index is 0.00101. The lowest BCUT2D eigenvalue weighted by Crippen LogP contribution is -2.74. The standard InChI is InChI=1S/C27H24F3N3O/c28-27(29,30)21-12-14-22(15-13-21)32-26(34)33-23-16-31-17-24(33)25(23)20-10-8-19(9-11-20)7-6-18-4-2-1-3-5-18/h1-15,23-25,31H,16-17H2,(H,32,34)/b7-6+/t23-,24+,25?. The van der Waals surface area contributed by atoms with Crippen LogP contribution in [0.15, 0.2) is 78.9 Å². The molecular formula is C27H24F3N3O. The van der Waals surface area contributed by atoms with Gasteiger partial charge in [-0.05, 0) is 41.0 Å². The number of fused-ring (bicyclic) bond motifs is 2. The van der Waals surface area contributed by atoms with E-state index in [-0.39, 0.29) is 24.0 Å². The number of carbonyl (C=O) groups is 1. The number of amides is 2. The minimum Gasteiger partial charge on any atom is -0.315 e. The van der Waals surface area contributed by atoms with Crippen molar-refractivity contribution in [3.8, 4) is 0 Å². The number of rotatable bonds is 4. The number of nitrogens with one attached hydrogen (secondary N) is 2. The highest BCUT2D eigenvalue weighted by Gasteiger charge is 2.53. The molecule has 2 aliphatic heterocycles. The molecule has 7 heteroatoms. The van der Waals surface area contributed by atoms with E-state index < -0.39 is 11.7 Å². The van der Waals surface area contributed by atoms with Crippen LogP contribution >= 0.6 is 0 Å². The SMILES string of the molecule is O=C(Nc1ccc(C(F)(F)F)cc1)N1[C@@H]2CNC[C@H]1C2c1ccc(/C=C/c2ccccc2)cc1.